The summed E-state index contributed by atoms with van der Waals surface area (Å²) < 4.78 is 44.6. The molecule has 1 amide bonds. The Morgan fingerprint density at radius 1 is 1.18 bits per heavy atom. The minimum Gasteiger partial charge on any atom is -0.484 e. The fourth-order valence-corrected chi connectivity index (χ4v) is 2.71. The van der Waals surface area contributed by atoms with Gasteiger partial charge in [-0.2, -0.15) is 0 Å². The third kappa shape index (κ3) is 4.19. The first-order valence-corrected chi connectivity index (χ1v) is 7.65. The molecule has 0 aromatic heterocycles. The number of hydrogen-bond donors (Lipinski definition) is 2. The monoisotopic (exact) mass is 324 g/mol. The number of carbonyl (C=O) groups excluding carboxylic acids is 1. The van der Waals surface area contributed by atoms with E-state index in [0.29, 0.717) is 5.75 Å². The SMILES string of the molecule is NC(=O)COc1ccc(NS(=O)(=O)c2cccc(F)c2)cc1. The molecule has 0 atom stereocenters. The highest BCUT2D eigenvalue weighted by Gasteiger charge is 2.14. The van der Waals surface area contributed by atoms with Crippen LogP contribution in [-0.4, -0.2) is 20.9 Å². The highest BCUT2D eigenvalue weighted by atomic mass is 32.2. The Hall–Kier alpha value is -2.61. The van der Waals surface area contributed by atoms with E-state index in [9.17, 15) is 17.6 Å². The summed E-state index contributed by atoms with van der Waals surface area (Å²) >= 11 is 0. The maximum absolute atomic E-state index is 13.1. The van der Waals surface area contributed by atoms with Crippen LogP contribution >= 0.6 is 0 Å². The van der Waals surface area contributed by atoms with Crippen molar-refractivity contribution in [3.8, 4) is 5.75 Å². The van der Waals surface area contributed by atoms with Crippen molar-refractivity contribution < 1.29 is 22.3 Å². The number of benzene rings is 2. The molecule has 0 fully saturated rings. The van der Waals surface area contributed by atoms with E-state index in [1.54, 1.807) is 0 Å². The second kappa shape index (κ2) is 6.44. The van der Waals surface area contributed by atoms with E-state index in [1.165, 1.54) is 36.4 Å². The van der Waals surface area contributed by atoms with Crippen molar-refractivity contribution in [2.24, 2.45) is 5.73 Å². The van der Waals surface area contributed by atoms with Crippen LogP contribution in [0.4, 0.5) is 10.1 Å². The van der Waals surface area contributed by atoms with Crippen LogP contribution in [0.1, 0.15) is 0 Å². The molecule has 0 bridgehead atoms. The normalized spacial score (nSPS) is 11.0. The molecule has 0 aliphatic rings. The molecule has 0 saturated carbocycles. The predicted octanol–water partition coefficient (Wildman–Crippen LogP) is 1.49. The minimum atomic E-state index is -3.88. The van der Waals surface area contributed by atoms with Gasteiger partial charge in [-0.3, -0.25) is 9.52 Å². The van der Waals surface area contributed by atoms with Gasteiger partial charge < -0.3 is 10.5 Å². The zero-order valence-corrected chi connectivity index (χ0v) is 12.1. The lowest BCUT2D eigenvalue weighted by atomic mass is 10.3. The Morgan fingerprint density at radius 3 is 2.45 bits per heavy atom. The number of primary amides is 1. The summed E-state index contributed by atoms with van der Waals surface area (Å²) in [5, 5.41) is 0. The van der Waals surface area contributed by atoms with Gasteiger partial charge in [0.15, 0.2) is 6.61 Å². The van der Waals surface area contributed by atoms with Gasteiger partial charge in [0, 0.05) is 5.69 Å². The Balaban J connectivity index is 2.11. The second-order valence-electron chi connectivity index (χ2n) is 4.34. The zero-order valence-electron chi connectivity index (χ0n) is 11.3. The minimum absolute atomic E-state index is 0.179. The number of anilines is 1. The molecule has 2 aromatic rings. The summed E-state index contributed by atoms with van der Waals surface area (Å²) in [6.45, 7) is -0.269. The molecule has 6 nitrogen and oxygen atoms in total. The van der Waals surface area contributed by atoms with E-state index in [0.717, 1.165) is 12.1 Å². The van der Waals surface area contributed by atoms with E-state index in [-0.39, 0.29) is 17.2 Å². The van der Waals surface area contributed by atoms with E-state index < -0.39 is 21.7 Å². The van der Waals surface area contributed by atoms with Crippen molar-refractivity contribution in [1.29, 1.82) is 0 Å². The van der Waals surface area contributed by atoms with Crippen molar-refractivity contribution in [1.82, 2.24) is 0 Å². The summed E-state index contributed by atoms with van der Waals surface area (Å²) in [5.74, 6) is -0.888. The van der Waals surface area contributed by atoms with E-state index in [4.69, 9.17) is 10.5 Å². The molecule has 0 unspecified atom stereocenters. The lowest BCUT2D eigenvalue weighted by Gasteiger charge is -2.09. The first-order valence-electron chi connectivity index (χ1n) is 6.16. The van der Waals surface area contributed by atoms with Crippen molar-refractivity contribution in [3.63, 3.8) is 0 Å². The van der Waals surface area contributed by atoms with Crippen LogP contribution in [0.5, 0.6) is 5.75 Å². The molecule has 0 aliphatic carbocycles. The average Bonchev–Trinajstić information content (AvgIpc) is 2.46. The molecule has 0 saturated heterocycles. The standard InChI is InChI=1S/C14H13FN2O4S/c15-10-2-1-3-13(8-10)22(19,20)17-11-4-6-12(7-5-11)21-9-14(16)18/h1-8,17H,9H2,(H2,16,18). The molecular formula is C14H13FN2O4S. The van der Waals surface area contributed by atoms with Gasteiger partial charge in [0.25, 0.3) is 15.9 Å². The van der Waals surface area contributed by atoms with Gasteiger partial charge in [-0.05, 0) is 42.5 Å². The fourth-order valence-electron chi connectivity index (χ4n) is 1.62. The van der Waals surface area contributed by atoms with Gasteiger partial charge in [-0.1, -0.05) is 6.07 Å². The summed E-state index contributed by atoms with van der Waals surface area (Å²) in [6, 6.07) is 10.5. The smallest absolute Gasteiger partial charge is 0.261 e. The maximum atomic E-state index is 13.1. The van der Waals surface area contributed by atoms with Gasteiger partial charge in [-0.15, -0.1) is 0 Å². The Morgan fingerprint density at radius 2 is 1.86 bits per heavy atom. The molecule has 0 heterocycles. The molecule has 22 heavy (non-hydrogen) atoms. The second-order valence-corrected chi connectivity index (χ2v) is 6.02. The Labute approximate surface area is 126 Å². The first-order chi connectivity index (χ1) is 10.4. The Bertz CT molecular complexity index is 776. The summed E-state index contributed by atoms with van der Waals surface area (Å²) in [5.41, 5.74) is 5.22. The van der Waals surface area contributed by atoms with Gasteiger partial charge in [0.2, 0.25) is 0 Å². The quantitative estimate of drug-likeness (QED) is 0.841. The van der Waals surface area contributed by atoms with E-state index >= 15 is 0 Å². The molecule has 116 valence electrons. The largest absolute Gasteiger partial charge is 0.484 e. The third-order valence-electron chi connectivity index (χ3n) is 2.59. The Kier molecular flexibility index (Phi) is 4.62. The van der Waals surface area contributed by atoms with E-state index in [1.807, 2.05) is 0 Å². The van der Waals surface area contributed by atoms with Crippen LogP contribution in [0.2, 0.25) is 0 Å². The van der Waals surface area contributed by atoms with Gasteiger partial charge in [0.1, 0.15) is 11.6 Å². The number of nitrogens with two attached hydrogens (primary N) is 1. The van der Waals surface area contributed by atoms with Crippen LogP contribution in [0.15, 0.2) is 53.4 Å². The van der Waals surface area contributed by atoms with Crippen LogP contribution in [0.3, 0.4) is 0 Å². The van der Waals surface area contributed by atoms with Gasteiger partial charge >= 0.3 is 0 Å². The van der Waals surface area contributed by atoms with Crippen molar-refractivity contribution in [2.45, 2.75) is 4.90 Å². The highest BCUT2D eigenvalue weighted by Crippen LogP contribution is 2.19. The number of nitrogens with one attached hydrogen (secondary N) is 1. The number of halogens is 1. The van der Waals surface area contributed by atoms with Crippen molar-refractivity contribution in [3.05, 3.63) is 54.3 Å². The molecule has 0 spiro atoms. The number of rotatable bonds is 6. The fraction of sp³-hybridized carbons (Fsp3) is 0.0714. The first kappa shape index (κ1) is 15.8. The predicted molar refractivity (Wildman–Crippen MR) is 78.3 cm³/mol. The van der Waals surface area contributed by atoms with Gasteiger partial charge in [0.05, 0.1) is 4.90 Å². The summed E-state index contributed by atoms with van der Waals surface area (Å²) in [4.78, 5) is 10.4. The number of hydrogen-bond acceptors (Lipinski definition) is 4. The van der Waals surface area contributed by atoms with Crippen LogP contribution in [0.25, 0.3) is 0 Å². The molecule has 0 aliphatic heterocycles. The molecule has 0 radical (unpaired) electrons. The zero-order chi connectivity index (χ0) is 16.2. The van der Waals surface area contributed by atoms with E-state index in [2.05, 4.69) is 4.72 Å². The lowest BCUT2D eigenvalue weighted by Crippen LogP contribution is -2.20. The molecule has 2 rings (SSSR count). The van der Waals surface area contributed by atoms with Crippen LogP contribution < -0.4 is 15.2 Å². The number of carbonyl (C=O) groups is 1. The molecule has 3 N–H and O–H groups in total. The lowest BCUT2D eigenvalue weighted by molar-refractivity contribution is -0.119. The van der Waals surface area contributed by atoms with Crippen LogP contribution in [0, 0.1) is 5.82 Å². The topological polar surface area (TPSA) is 98.5 Å². The summed E-state index contributed by atoms with van der Waals surface area (Å²) in [6.07, 6.45) is 0. The molecule has 8 heteroatoms. The summed E-state index contributed by atoms with van der Waals surface area (Å²) in [7, 11) is -3.88. The number of ether oxygens (including phenoxy) is 1. The van der Waals surface area contributed by atoms with Gasteiger partial charge in [-0.25, -0.2) is 12.8 Å². The maximum Gasteiger partial charge on any atom is 0.261 e. The number of sulfonamides is 1. The van der Waals surface area contributed by atoms with Crippen molar-refractivity contribution >= 4 is 21.6 Å². The molecule has 2 aromatic carbocycles. The number of amides is 1. The third-order valence-corrected chi connectivity index (χ3v) is 3.97. The highest BCUT2D eigenvalue weighted by molar-refractivity contribution is 7.92. The van der Waals surface area contributed by atoms with Crippen LogP contribution in [-0.2, 0) is 14.8 Å². The molecular weight excluding hydrogens is 311 g/mol. The average molecular weight is 324 g/mol. The van der Waals surface area contributed by atoms with Crippen molar-refractivity contribution in [2.75, 3.05) is 11.3 Å².